The Morgan fingerprint density at radius 1 is 1.26 bits per heavy atom. The van der Waals surface area contributed by atoms with Crippen LogP contribution in [0.3, 0.4) is 0 Å². The molecule has 1 N–H and O–H groups in total. The molecule has 0 heterocycles. The molecule has 0 radical (unpaired) electrons. The molecule has 0 fully saturated rings. The molecule has 0 spiro atoms. The smallest absolute Gasteiger partial charge is 0.337 e. The van der Waals surface area contributed by atoms with Crippen LogP contribution < -0.4 is 0 Å². The van der Waals surface area contributed by atoms with Crippen molar-refractivity contribution in [2.75, 3.05) is 19.8 Å². The fourth-order valence-electron chi connectivity index (χ4n) is 1.41. The molecule has 0 aliphatic rings. The van der Waals surface area contributed by atoms with Crippen LogP contribution in [0.5, 0.6) is 0 Å². The van der Waals surface area contributed by atoms with Gasteiger partial charge in [0.05, 0.1) is 25.4 Å². The summed E-state index contributed by atoms with van der Waals surface area (Å²) in [4.78, 5) is 11.7. The maximum atomic E-state index is 11.7. The Hall–Kier alpha value is -1.17. The number of carbonyl (C=O) groups is 1. The summed E-state index contributed by atoms with van der Waals surface area (Å²) in [5.74, 6) is -0.429. The van der Waals surface area contributed by atoms with Crippen LogP contribution in [0, 0.1) is 0 Å². The Balaban J connectivity index is 4.75. The van der Waals surface area contributed by atoms with E-state index >= 15 is 0 Å². The quantitative estimate of drug-likeness (QED) is 0.314. The lowest BCUT2D eigenvalue weighted by atomic mass is 10.2. The van der Waals surface area contributed by atoms with Gasteiger partial charge in [0, 0.05) is 0 Å². The first-order valence-corrected chi connectivity index (χ1v) is 10.9. The molecule has 0 saturated carbocycles. The first-order chi connectivity index (χ1) is 10.5. The van der Waals surface area contributed by atoms with Crippen molar-refractivity contribution in [3.8, 4) is 0 Å². The molecule has 0 amide bonds. The Morgan fingerprint density at radius 3 is 2.35 bits per heavy atom. The van der Waals surface area contributed by atoms with Crippen LogP contribution in [0.2, 0.25) is 18.1 Å². The van der Waals surface area contributed by atoms with E-state index in [1.807, 2.05) is 13.0 Å². The topological polar surface area (TPSA) is 55.8 Å². The SMILES string of the molecule is CCOC(=O)C(/C=C/C=C(\C)CO[Si](C)(C)C(C)(C)C)=C/CO. The molecule has 0 aliphatic heterocycles. The third-order valence-electron chi connectivity index (χ3n) is 3.95. The molecule has 0 aromatic heterocycles. The molecule has 0 unspecified atom stereocenters. The summed E-state index contributed by atoms with van der Waals surface area (Å²) in [5.41, 5.74) is 1.43. The molecule has 0 rings (SSSR count). The number of carbonyl (C=O) groups excluding carboxylic acids is 1. The standard InChI is InChI=1S/C18H32O4Si/c1-8-21-17(20)16(12-13-19)11-9-10-15(2)14-22-23(6,7)18(3,4)5/h9-12,19H,8,13-14H2,1-7H3/b11-9+,15-10+,16-12+. The van der Waals surface area contributed by atoms with Gasteiger partial charge in [0.15, 0.2) is 8.32 Å². The molecule has 0 bridgehead atoms. The predicted molar refractivity (Wildman–Crippen MR) is 97.8 cm³/mol. The third-order valence-corrected chi connectivity index (χ3v) is 8.42. The van der Waals surface area contributed by atoms with E-state index in [0.29, 0.717) is 18.8 Å². The molecule has 23 heavy (non-hydrogen) atoms. The van der Waals surface area contributed by atoms with Gasteiger partial charge in [-0.1, -0.05) is 32.9 Å². The van der Waals surface area contributed by atoms with Gasteiger partial charge in [-0.3, -0.25) is 0 Å². The van der Waals surface area contributed by atoms with Crippen LogP contribution in [-0.4, -0.2) is 39.2 Å². The third kappa shape index (κ3) is 8.30. The monoisotopic (exact) mass is 340 g/mol. The van der Waals surface area contributed by atoms with Crippen molar-refractivity contribution in [2.45, 2.75) is 52.8 Å². The Labute approximate surface area is 142 Å². The van der Waals surface area contributed by atoms with Gasteiger partial charge in [-0.15, -0.1) is 0 Å². The average Bonchev–Trinajstić information content (AvgIpc) is 2.43. The lowest BCUT2D eigenvalue weighted by Crippen LogP contribution is -2.41. The van der Waals surface area contributed by atoms with E-state index in [2.05, 4.69) is 33.9 Å². The molecule has 0 aromatic rings. The number of hydrogen-bond donors (Lipinski definition) is 1. The molecule has 0 aromatic carbocycles. The van der Waals surface area contributed by atoms with Gasteiger partial charge >= 0.3 is 5.97 Å². The molecule has 0 atom stereocenters. The summed E-state index contributed by atoms with van der Waals surface area (Å²) >= 11 is 0. The number of allylic oxidation sites excluding steroid dienone is 2. The van der Waals surface area contributed by atoms with Crippen LogP contribution in [0.15, 0.2) is 35.5 Å². The number of ether oxygens (including phenoxy) is 1. The fourth-order valence-corrected chi connectivity index (χ4v) is 2.43. The molecule has 4 nitrogen and oxygen atoms in total. The van der Waals surface area contributed by atoms with E-state index < -0.39 is 14.3 Å². The van der Waals surface area contributed by atoms with Crippen LogP contribution >= 0.6 is 0 Å². The Morgan fingerprint density at radius 2 is 1.87 bits per heavy atom. The minimum absolute atomic E-state index is 0.185. The fraction of sp³-hybridized carbons (Fsp3) is 0.611. The molecule has 5 heteroatoms. The van der Waals surface area contributed by atoms with Crippen molar-refractivity contribution in [2.24, 2.45) is 0 Å². The minimum atomic E-state index is -1.75. The zero-order chi connectivity index (χ0) is 18.1. The van der Waals surface area contributed by atoms with Gasteiger partial charge < -0.3 is 14.3 Å². The second-order valence-corrected chi connectivity index (χ2v) is 11.8. The summed E-state index contributed by atoms with van der Waals surface area (Å²) in [6.07, 6.45) is 6.77. The van der Waals surface area contributed by atoms with Gasteiger partial charge in [-0.05, 0) is 49.7 Å². The number of esters is 1. The van der Waals surface area contributed by atoms with Crippen LogP contribution in [0.25, 0.3) is 0 Å². The van der Waals surface area contributed by atoms with Gasteiger partial charge in [0.25, 0.3) is 0 Å². The number of hydrogen-bond acceptors (Lipinski definition) is 4. The van der Waals surface area contributed by atoms with Crippen molar-refractivity contribution >= 4 is 14.3 Å². The zero-order valence-corrected chi connectivity index (χ0v) is 16.6. The van der Waals surface area contributed by atoms with Crippen molar-refractivity contribution in [3.63, 3.8) is 0 Å². The number of aliphatic hydroxyl groups excluding tert-OH is 1. The summed E-state index contributed by atoms with van der Waals surface area (Å²) in [6, 6.07) is 0. The second kappa shape index (κ2) is 9.85. The predicted octanol–water partition coefficient (Wildman–Crippen LogP) is 3.99. The van der Waals surface area contributed by atoms with E-state index in [4.69, 9.17) is 14.3 Å². The van der Waals surface area contributed by atoms with Crippen molar-refractivity contribution in [1.82, 2.24) is 0 Å². The lowest BCUT2D eigenvalue weighted by molar-refractivity contribution is -0.138. The van der Waals surface area contributed by atoms with Crippen LogP contribution in [0.4, 0.5) is 0 Å². The highest BCUT2D eigenvalue weighted by atomic mass is 28.4. The van der Waals surface area contributed by atoms with E-state index in [-0.39, 0.29) is 11.6 Å². The molecule has 0 aliphatic carbocycles. The molecule has 0 saturated heterocycles. The highest BCUT2D eigenvalue weighted by Gasteiger charge is 2.36. The Bertz CT molecular complexity index is 468. The highest BCUT2D eigenvalue weighted by Crippen LogP contribution is 2.36. The van der Waals surface area contributed by atoms with Crippen LogP contribution in [0.1, 0.15) is 34.6 Å². The molecule has 132 valence electrons. The van der Waals surface area contributed by atoms with Crippen LogP contribution in [-0.2, 0) is 14.0 Å². The number of rotatable bonds is 8. The largest absolute Gasteiger partial charge is 0.462 e. The van der Waals surface area contributed by atoms with E-state index in [0.717, 1.165) is 5.57 Å². The van der Waals surface area contributed by atoms with E-state index in [1.54, 1.807) is 19.1 Å². The number of aliphatic hydroxyl groups is 1. The second-order valence-electron chi connectivity index (χ2n) is 6.98. The van der Waals surface area contributed by atoms with Crippen molar-refractivity contribution < 1.29 is 19.1 Å². The van der Waals surface area contributed by atoms with Gasteiger partial charge in [0.1, 0.15) is 0 Å². The zero-order valence-electron chi connectivity index (χ0n) is 15.6. The Kier molecular flexibility index (Phi) is 9.35. The van der Waals surface area contributed by atoms with Gasteiger partial charge in [-0.2, -0.15) is 0 Å². The first-order valence-electron chi connectivity index (χ1n) is 8.01. The lowest BCUT2D eigenvalue weighted by Gasteiger charge is -2.36. The maximum Gasteiger partial charge on any atom is 0.337 e. The summed E-state index contributed by atoms with van der Waals surface area (Å²) in [7, 11) is -1.75. The average molecular weight is 341 g/mol. The van der Waals surface area contributed by atoms with Crippen molar-refractivity contribution in [3.05, 3.63) is 35.5 Å². The van der Waals surface area contributed by atoms with Crippen molar-refractivity contribution in [1.29, 1.82) is 0 Å². The normalized spacial score (nSPS) is 14.4. The maximum absolute atomic E-state index is 11.7. The van der Waals surface area contributed by atoms with E-state index in [9.17, 15) is 4.79 Å². The van der Waals surface area contributed by atoms with Gasteiger partial charge in [0.2, 0.25) is 0 Å². The summed E-state index contributed by atoms with van der Waals surface area (Å²) in [5, 5.41) is 9.15. The summed E-state index contributed by atoms with van der Waals surface area (Å²) < 4.78 is 11.1. The highest BCUT2D eigenvalue weighted by molar-refractivity contribution is 6.74. The molecular formula is C18H32O4Si. The minimum Gasteiger partial charge on any atom is -0.462 e. The molecular weight excluding hydrogens is 308 g/mol. The van der Waals surface area contributed by atoms with Gasteiger partial charge in [-0.25, -0.2) is 4.79 Å². The summed E-state index contributed by atoms with van der Waals surface area (Å²) in [6.45, 7) is 15.5. The van der Waals surface area contributed by atoms with E-state index in [1.165, 1.54) is 6.08 Å². The first kappa shape index (κ1) is 21.8.